The number of nitrogens with zero attached hydrogens (tertiary/aromatic N) is 2. The molecule has 0 aliphatic rings. The number of aromatic nitrogens is 1. The molecule has 6 nitrogen and oxygen atoms in total. The quantitative estimate of drug-likeness (QED) is 0.281. The van der Waals surface area contributed by atoms with Crippen LogP contribution in [0, 0.1) is 5.92 Å². The smallest absolute Gasteiger partial charge is 0.266 e. The monoisotopic (exact) mass is 502 g/mol. The van der Waals surface area contributed by atoms with E-state index in [4.69, 9.17) is 4.74 Å². The van der Waals surface area contributed by atoms with E-state index in [1.54, 1.807) is 18.2 Å². The lowest BCUT2D eigenvalue weighted by atomic mass is 9.96. The first-order valence-electron chi connectivity index (χ1n) is 12.0. The Hall–Kier alpha value is -3.71. The highest BCUT2D eigenvalue weighted by molar-refractivity contribution is 7.89. The summed E-state index contributed by atoms with van der Waals surface area (Å²) in [5, 5.41) is 1.10. The van der Waals surface area contributed by atoms with Gasteiger partial charge in [-0.2, -0.15) is 0 Å². The van der Waals surface area contributed by atoms with E-state index in [2.05, 4.69) is 11.9 Å². The van der Waals surface area contributed by atoms with Gasteiger partial charge in [0, 0.05) is 18.9 Å². The maximum atomic E-state index is 12.7. The second-order valence-electron chi connectivity index (χ2n) is 8.96. The number of sulfonamides is 1. The van der Waals surface area contributed by atoms with Crippen LogP contribution in [0.25, 0.3) is 10.9 Å². The van der Waals surface area contributed by atoms with Crippen LogP contribution in [0.3, 0.4) is 0 Å². The van der Waals surface area contributed by atoms with Crippen molar-refractivity contribution in [3.05, 3.63) is 102 Å². The van der Waals surface area contributed by atoms with Gasteiger partial charge < -0.3 is 4.74 Å². The SMILES string of the molecule is CC(CCC(=O)N(C)S(=O)(=O)c1ccccc1)Cc1cccc(OCc2ccc3ccccc3n2)c1. The summed E-state index contributed by atoms with van der Waals surface area (Å²) in [4.78, 5) is 17.4. The van der Waals surface area contributed by atoms with Crippen LogP contribution in [0.1, 0.15) is 31.0 Å². The van der Waals surface area contributed by atoms with Gasteiger partial charge in [0.25, 0.3) is 10.0 Å². The van der Waals surface area contributed by atoms with Gasteiger partial charge >= 0.3 is 0 Å². The summed E-state index contributed by atoms with van der Waals surface area (Å²) in [6.07, 6.45) is 1.50. The molecular formula is C29H30N2O4S. The Morgan fingerprint density at radius 2 is 1.69 bits per heavy atom. The van der Waals surface area contributed by atoms with E-state index in [-0.39, 0.29) is 17.2 Å². The van der Waals surface area contributed by atoms with Crippen LogP contribution >= 0.6 is 0 Å². The maximum absolute atomic E-state index is 12.7. The van der Waals surface area contributed by atoms with Crippen LogP contribution in [-0.2, 0) is 27.8 Å². The van der Waals surface area contributed by atoms with Crippen molar-refractivity contribution in [2.24, 2.45) is 5.92 Å². The second-order valence-corrected chi connectivity index (χ2v) is 10.9. The first-order chi connectivity index (χ1) is 17.3. The molecule has 0 aliphatic heterocycles. The molecule has 0 bridgehead atoms. The molecule has 1 aromatic heterocycles. The van der Waals surface area contributed by atoms with Gasteiger partial charge in [-0.1, -0.05) is 61.5 Å². The lowest BCUT2D eigenvalue weighted by Gasteiger charge is -2.19. The number of carbonyl (C=O) groups excluding carboxylic acids is 1. The van der Waals surface area contributed by atoms with Crippen molar-refractivity contribution < 1.29 is 17.9 Å². The second kappa shape index (κ2) is 11.4. The highest BCUT2D eigenvalue weighted by Crippen LogP contribution is 2.21. The van der Waals surface area contributed by atoms with Gasteiger partial charge in [-0.3, -0.25) is 4.79 Å². The van der Waals surface area contributed by atoms with Crippen molar-refractivity contribution in [1.82, 2.24) is 9.29 Å². The Kier molecular flexibility index (Phi) is 8.00. The fourth-order valence-electron chi connectivity index (χ4n) is 4.02. The van der Waals surface area contributed by atoms with E-state index in [0.29, 0.717) is 13.0 Å². The zero-order valence-corrected chi connectivity index (χ0v) is 21.3. The van der Waals surface area contributed by atoms with Crippen LogP contribution in [-0.4, -0.2) is 30.7 Å². The van der Waals surface area contributed by atoms with Crippen LogP contribution in [0.5, 0.6) is 5.75 Å². The summed E-state index contributed by atoms with van der Waals surface area (Å²) >= 11 is 0. The fraction of sp³-hybridized carbons (Fsp3) is 0.241. The predicted molar refractivity (Wildman–Crippen MR) is 141 cm³/mol. The summed E-state index contributed by atoms with van der Waals surface area (Å²) in [7, 11) is -2.51. The van der Waals surface area contributed by atoms with E-state index < -0.39 is 15.9 Å². The fourth-order valence-corrected chi connectivity index (χ4v) is 5.20. The summed E-state index contributed by atoms with van der Waals surface area (Å²) in [5.74, 6) is 0.546. The van der Waals surface area contributed by atoms with Gasteiger partial charge in [0.05, 0.1) is 16.1 Å². The standard InChI is InChI=1S/C29H30N2O4S/c1-22(15-18-29(32)31(2)36(33,34)27-12-4-3-5-13-27)19-23-9-8-11-26(20-23)35-21-25-17-16-24-10-6-7-14-28(24)30-25/h3-14,16-17,20,22H,15,18-19,21H2,1-2H3. The first-order valence-corrected chi connectivity index (χ1v) is 13.4. The maximum Gasteiger partial charge on any atom is 0.266 e. The lowest BCUT2D eigenvalue weighted by Crippen LogP contribution is -2.33. The van der Waals surface area contributed by atoms with Crippen LogP contribution in [0.4, 0.5) is 0 Å². The number of rotatable bonds is 10. The molecule has 0 fully saturated rings. The normalized spacial score (nSPS) is 12.3. The van der Waals surface area contributed by atoms with Crippen LogP contribution in [0.2, 0.25) is 0 Å². The molecule has 0 radical (unpaired) electrons. The molecule has 3 aromatic carbocycles. The third-order valence-electron chi connectivity index (χ3n) is 6.13. The van der Waals surface area contributed by atoms with Gasteiger partial charge in [0.1, 0.15) is 12.4 Å². The van der Waals surface area contributed by atoms with E-state index in [1.165, 1.54) is 19.2 Å². The highest BCUT2D eigenvalue weighted by atomic mass is 32.2. The molecule has 0 spiro atoms. The number of carbonyl (C=O) groups is 1. The lowest BCUT2D eigenvalue weighted by molar-refractivity contribution is -0.125. The average molecular weight is 503 g/mol. The number of pyridine rings is 1. The summed E-state index contributed by atoms with van der Waals surface area (Å²) in [5.41, 5.74) is 2.91. The van der Waals surface area contributed by atoms with E-state index >= 15 is 0 Å². The summed E-state index contributed by atoms with van der Waals surface area (Å²) < 4.78 is 32.2. The molecule has 0 N–H and O–H groups in total. The molecule has 0 aliphatic carbocycles. The Morgan fingerprint density at radius 1 is 0.944 bits per heavy atom. The van der Waals surface area contributed by atoms with Gasteiger partial charge in [-0.15, -0.1) is 0 Å². The number of hydrogen-bond donors (Lipinski definition) is 0. The first kappa shape index (κ1) is 25.4. The zero-order chi connectivity index (χ0) is 25.5. The van der Waals surface area contributed by atoms with Gasteiger partial charge in [-0.25, -0.2) is 17.7 Å². The molecule has 0 saturated carbocycles. The molecule has 7 heteroatoms. The zero-order valence-electron chi connectivity index (χ0n) is 20.5. The van der Waals surface area contributed by atoms with Crippen LogP contribution in [0.15, 0.2) is 95.9 Å². The van der Waals surface area contributed by atoms with Crippen molar-refractivity contribution in [3.8, 4) is 5.75 Å². The van der Waals surface area contributed by atoms with Gasteiger partial charge in [0.15, 0.2) is 0 Å². The van der Waals surface area contributed by atoms with Crippen molar-refractivity contribution in [2.45, 2.75) is 37.7 Å². The number of amides is 1. The molecule has 186 valence electrons. The number of fused-ring (bicyclic) bond motifs is 1. The molecule has 4 aromatic rings. The Balaban J connectivity index is 1.29. The molecule has 0 saturated heterocycles. The minimum atomic E-state index is -3.83. The third-order valence-corrected chi connectivity index (χ3v) is 7.92. The summed E-state index contributed by atoms with van der Waals surface area (Å²) in [6, 6.07) is 27.9. The Labute approximate surface area is 212 Å². The molecular weight excluding hydrogens is 472 g/mol. The average Bonchev–Trinajstić information content (AvgIpc) is 2.90. The molecule has 36 heavy (non-hydrogen) atoms. The van der Waals surface area contributed by atoms with Crippen molar-refractivity contribution in [1.29, 1.82) is 0 Å². The van der Waals surface area contributed by atoms with E-state index in [1.807, 2.05) is 60.7 Å². The third kappa shape index (κ3) is 6.29. The predicted octanol–water partition coefficient (Wildman–Crippen LogP) is 5.62. The largest absolute Gasteiger partial charge is 0.487 e. The van der Waals surface area contributed by atoms with E-state index in [9.17, 15) is 13.2 Å². The van der Waals surface area contributed by atoms with Gasteiger partial charge in [0.2, 0.25) is 5.91 Å². The molecule has 1 heterocycles. The summed E-state index contributed by atoms with van der Waals surface area (Å²) in [6.45, 7) is 2.44. The number of para-hydroxylation sites is 1. The number of ether oxygens (including phenoxy) is 1. The minimum Gasteiger partial charge on any atom is -0.487 e. The topological polar surface area (TPSA) is 76.6 Å². The molecule has 1 atom stereocenters. The number of benzene rings is 3. The highest BCUT2D eigenvalue weighted by Gasteiger charge is 2.25. The van der Waals surface area contributed by atoms with Crippen molar-refractivity contribution >= 4 is 26.8 Å². The molecule has 1 amide bonds. The molecule has 4 rings (SSSR count). The minimum absolute atomic E-state index is 0.115. The Bertz CT molecular complexity index is 1440. The van der Waals surface area contributed by atoms with Gasteiger partial charge in [-0.05, 0) is 60.7 Å². The van der Waals surface area contributed by atoms with Crippen LogP contribution < -0.4 is 4.74 Å². The molecule has 1 unspecified atom stereocenters. The number of hydrogen-bond acceptors (Lipinski definition) is 5. The van der Waals surface area contributed by atoms with E-state index in [0.717, 1.165) is 38.6 Å². The Morgan fingerprint density at radius 3 is 2.50 bits per heavy atom. The van der Waals surface area contributed by atoms with Crippen molar-refractivity contribution in [3.63, 3.8) is 0 Å². The van der Waals surface area contributed by atoms with Crippen molar-refractivity contribution in [2.75, 3.05) is 7.05 Å².